The average Bonchev–Trinajstić information content (AvgIpc) is 2.57. The second kappa shape index (κ2) is 8.76. The van der Waals surface area contributed by atoms with Crippen LogP contribution in [0.25, 0.3) is 0 Å². The molecule has 0 aromatic heterocycles. The van der Waals surface area contributed by atoms with Gasteiger partial charge in [-0.1, -0.05) is 29.3 Å². The van der Waals surface area contributed by atoms with Crippen LogP contribution in [0.15, 0.2) is 42.5 Å². The first-order valence-electron chi connectivity index (χ1n) is 7.24. The molecule has 1 amide bonds. The molecule has 128 valence electrons. The molecular weight excluding hydrogens is 356 g/mol. The molecule has 0 radical (unpaired) electrons. The molecule has 0 heterocycles. The van der Waals surface area contributed by atoms with Crippen LogP contribution in [-0.2, 0) is 4.79 Å². The van der Waals surface area contributed by atoms with E-state index in [4.69, 9.17) is 32.7 Å². The van der Waals surface area contributed by atoms with Crippen LogP contribution in [0.1, 0.15) is 6.92 Å². The fraction of sp³-hybridized carbons (Fsp3) is 0.235. The van der Waals surface area contributed by atoms with Crippen molar-refractivity contribution in [3.05, 3.63) is 58.3 Å². The minimum Gasteiger partial charge on any atom is -0.492 e. The van der Waals surface area contributed by atoms with Gasteiger partial charge in [-0.2, -0.15) is 0 Å². The van der Waals surface area contributed by atoms with Gasteiger partial charge in [0.15, 0.2) is 6.10 Å². The maximum absolute atomic E-state index is 12.8. The molecule has 0 spiro atoms. The summed E-state index contributed by atoms with van der Waals surface area (Å²) < 4.78 is 23.6. The topological polar surface area (TPSA) is 47.6 Å². The SMILES string of the molecule is CC(Oc1cccc(Cl)c1Cl)C(=O)NCCOc1ccc(F)cc1. The number of ether oxygens (including phenoxy) is 2. The Hall–Kier alpha value is -1.98. The Morgan fingerprint density at radius 2 is 1.92 bits per heavy atom. The van der Waals surface area contributed by atoms with Crippen molar-refractivity contribution in [2.45, 2.75) is 13.0 Å². The third-order valence-electron chi connectivity index (χ3n) is 3.07. The second-order valence-corrected chi connectivity index (χ2v) is 5.69. The standard InChI is InChI=1S/C17H16Cl2FNO3/c1-11(24-15-4-2-3-14(18)16(15)19)17(22)21-9-10-23-13-7-5-12(20)6-8-13/h2-8,11H,9-10H2,1H3,(H,21,22). The predicted octanol–water partition coefficient (Wildman–Crippen LogP) is 4.10. The first kappa shape index (κ1) is 18.4. The van der Waals surface area contributed by atoms with Gasteiger partial charge in [-0.05, 0) is 43.3 Å². The van der Waals surface area contributed by atoms with E-state index in [0.29, 0.717) is 16.5 Å². The van der Waals surface area contributed by atoms with Crippen LogP contribution in [0.5, 0.6) is 11.5 Å². The van der Waals surface area contributed by atoms with Gasteiger partial charge < -0.3 is 14.8 Å². The third kappa shape index (κ3) is 5.28. The van der Waals surface area contributed by atoms with Crippen molar-refractivity contribution in [1.29, 1.82) is 0 Å². The quantitative estimate of drug-likeness (QED) is 0.745. The minimum atomic E-state index is -0.744. The van der Waals surface area contributed by atoms with Crippen LogP contribution in [0.3, 0.4) is 0 Å². The molecular formula is C17H16Cl2FNO3. The summed E-state index contributed by atoms with van der Waals surface area (Å²) in [5.41, 5.74) is 0. The van der Waals surface area contributed by atoms with Crippen LogP contribution in [0.2, 0.25) is 10.0 Å². The summed E-state index contributed by atoms with van der Waals surface area (Å²) in [6.45, 7) is 2.14. The fourth-order valence-corrected chi connectivity index (χ4v) is 2.17. The number of nitrogens with one attached hydrogen (secondary N) is 1. The monoisotopic (exact) mass is 371 g/mol. The Labute approximate surface area is 149 Å². The molecule has 1 unspecified atom stereocenters. The van der Waals surface area contributed by atoms with Gasteiger partial charge >= 0.3 is 0 Å². The molecule has 0 aliphatic carbocycles. The Morgan fingerprint density at radius 1 is 1.21 bits per heavy atom. The summed E-state index contributed by atoms with van der Waals surface area (Å²) in [5.74, 6) is 0.227. The first-order valence-corrected chi connectivity index (χ1v) is 7.99. The molecule has 0 aliphatic heterocycles. The lowest BCUT2D eigenvalue weighted by Gasteiger charge is -2.16. The summed E-state index contributed by atoms with van der Waals surface area (Å²) in [6, 6.07) is 10.6. The van der Waals surface area contributed by atoms with Crippen molar-refractivity contribution in [2.75, 3.05) is 13.2 Å². The van der Waals surface area contributed by atoms with Gasteiger partial charge in [-0.15, -0.1) is 0 Å². The zero-order valence-electron chi connectivity index (χ0n) is 12.9. The molecule has 7 heteroatoms. The molecule has 0 bridgehead atoms. The van der Waals surface area contributed by atoms with E-state index in [2.05, 4.69) is 5.32 Å². The number of hydrogen-bond donors (Lipinski definition) is 1. The minimum absolute atomic E-state index is 0.252. The zero-order chi connectivity index (χ0) is 17.5. The van der Waals surface area contributed by atoms with E-state index in [1.54, 1.807) is 25.1 Å². The van der Waals surface area contributed by atoms with Crippen molar-refractivity contribution in [3.8, 4) is 11.5 Å². The largest absolute Gasteiger partial charge is 0.492 e. The number of halogens is 3. The number of hydrogen-bond acceptors (Lipinski definition) is 3. The lowest BCUT2D eigenvalue weighted by molar-refractivity contribution is -0.127. The molecule has 2 aromatic carbocycles. The van der Waals surface area contributed by atoms with Crippen LogP contribution >= 0.6 is 23.2 Å². The maximum Gasteiger partial charge on any atom is 0.260 e. The number of carbonyl (C=O) groups excluding carboxylic acids is 1. The lowest BCUT2D eigenvalue weighted by atomic mass is 10.3. The van der Waals surface area contributed by atoms with E-state index in [-0.39, 0.29) is 29.9 Å². The highest BCUT2D eigenvalue weighted by molar-refractivity contribution is 6.42. The van der Waals surface area contributed by atoms with Gasteiger partial charge in [0.1, 0.15) is 28.9 Å². The molecule has 4 nitrogen and oxygen atoms in total. The Kier molecular flexibility index (Phi) is 6.70. The average molecular weight is 372 g/mol. The van der Waals surface area contributed by atoms with Crippen molar-refractivity contribution in [1.82, 2.24) is 5.32 Å². The van der Waals surface area contributed by atoms with Gasteiger partial charge in [0.2, 0.25) is 0 Å². The number of benzene rings is 2. The van der Waals surface area contributed by atoms with Crippen LogP contribution < -0.4 is 14.8 Å². The maximum atomic E-state index is 12.8. The number of amides is 1. The van der Waals surface area contributed by atoms with Crippen LogP contribution in [0.4, 0.5) is 4.39 Å². The van der Waals surface area contributed by atoms with Crippen LogP contribution in [0, 0.1) is 5.82 Å². The number of rotatable bonds is 7. The molecule has 0 saturated carbocycles. The van der Waals surface area contributed by atoms with E-state index in [9.17, 15) is 9.18 Å². The molecule has 0 fully saturated rings. The van der Waals surface area contributed by atoms with Gasteiger partial charge in [0, 0.05) is 0 Å². The van der Waals surface area contributed by atoms with Crippen molar-refractivity contribution >= 4 is 29.1 Å². The smallest absolute Gasteiger partial charge is 0.260 e. The predicted molar refractivity (Wildman–Crippen MR) is 91.5 cm³/mol. The molecule has 2 aromatic rings. The van der Waals surface area contributed by atoms with Crippen LogP contribution in [-0.4, -0.2) is 25.2 Å². The Morgan fingerprint density at radius 3 is 2.62 bits per heavy atom. The summed E-state index contributed by atoms with van der Waals surface area (Å²) >= 11 is 11.9. The Balaban J connectivity index is 1.75. The highest BCUT2D eigenvalue weighted by Crippen LogP contribution is 2.32. The van der Waals surface area contributed by atoms with Crippen molar-refractivity contribution < 1.29 is 18.7 Å². The highest BCUT2D eigenvalue weighted by Gasteiger charge is 2.16. The highest BCUT2D eigenvalue weighted by atomic mass is 35.5. The Bertz CT molecular complexity index is 695. The summed E-state index contributed by atoms with van der Waals surface area (Å²) in [5, 5.41) is 3.30. The summed E-state index contributed by atoms with van der Waals surface area (Å²) in [4.78, 5) is 12.0. The summed E-state index contributed by atoms with van der Waals surface area (Å²) in [7, 11) is 0. The molecule has 0 aliphatic rings. The van der Waals surface area contributed by atoms with Gasteiger partial charge in [0.25, 0.3) is 5.91 Å². The van der Waals surface area contributed by atoms with E-state index in [0.717, 1.165) is 0 Å². The second-order valence-electron chi connectivity index (χ2n) is 4.91. The van der Waals surface area contributed by atoms with Gasteiger partial charge in [0.05, 0.1) is 11.6 Å². The lowest BCUT2D eigenvalue weighted by Crippen LogP contribution is -2.38. The van der Waals surface area contributed by atoms with Crippen molar-refractivity contribution in [2.24, 2.45) is 0 Å². The number of carbonyl (C=O) groups is 1. The van der Waals surface area contributed by atoms with E-state index >= 15 is 0 Å². The molecule has 1 atom stereocenters. The zero-order valence-corrected chi connectivity index (χ0v) is 14.4. The first-order chi connectivity index (χ1) is 11.5. The molecule has 1 N–H and O–H groups in total. The van der Waals surface area contributed by atoms with Gasteiger partial charge in [-0.25, -0.2) is 4.39 Å². The normalized spacial score (nSPS) is 11.7. The van der Waals surface area contributed by atoms with E-state index < -0.39 is 6.10 Å². The van der Waals surface area contributed by atoms with E-state index in [1.807, 2.05) is 0 Å². The van der Waals surface area contributed by atoms with E-state index in [1.165, 1.54) is 24.3 Å². The molecule has 0 saturated heterocycles. The molecule has 24 heavy (non-hydrogen) atoms. The fourth-order valence-electron chi connectivity index (χ4n) is 1.84. The van der Waals surface area contributed by atoms with Gasteiger partial charge in [-0.3, -0.25) is 4.79 Å². The summed E-state index contributed by atoms with van der Waals surface area (Å²) in [6.07, 6.45) is -0.744. The molecule has 2 rings (SSSR count). The third-order valence-corrected chi connectivity index (χ3v) is 3.87. The van der Waals surface area contributed by atoms with Crippen molar-refractivity contribution in [3.63, 3.8) is 0 Å².